The van der Waals surface area contributed by atoms with Crippen LogP contribution in [-0.4, -0.2) is 182 Å². The van der Waals surface area contributed by atoms with Crippen LogP contribution in [0.5, 0.6) is 11.5 Å². The summed E-state index contributed by atoms with van der Waals surface area (Å²) in [5.41, 5.74) is 6.32. The van der Waals surface area contributed by atoms with Gasteiger partial charge in [0.05, 0.1) is 103 Å². The van der Waals surface area contributed by atoms with Crippen molar-refractivity contribution in [3.8, 4) is 23.6 Å². The summed E-state index contributed by atoms with van der Waals surface area (Å²) >= 11 is 0. The topological polar surface area (TPSA) is 381 Å². The number of Topliss-reactive ketones (excluding diaryl/α,β-unsaturated/α-hetero) is 6. The minimum atomic E-state index is -1.38. The highest BCUT2D eigenvalue weighted by molar-refractivity contribution is 7.44. The number of amides is 4. The molecular formula is C112H166N8O20P2. The minimum absolute atomic E-state index is 0.0110. The molecule has 6 rings (SSSR count). The minimum Gasteiger partial charge on any atom is -0.497 e. The molecule has 0 aliphatic heterocycles. The Morgan fingerprint density at radius 2 is 0.592 bits per heavy atom. The molecule has 0 spiro atoms. The molecule has 6 aromatic rings. The van der Waals surface area contributed by atoms with Crippen LogP contribution >= 0.6 is 17.1 Å². The third-order valence-electron chi connectivity index (χ3n) is 24.1. The molecule has 10 atom stereocenters. The monoisotopic (exact) mass is 2010 g/mol. The van der Waals surface area contributed by atoms with E-state index in [1.165, 1.54) is 11.1 Å². The molecule has 784 valence electrons. The Labute approximate surface area is 849 Å². The molecule has 0 bridgehead atoms. The van der Waals surface area contributed by atoms with Crippen LogP contribution in [0.1, 0.15) is 338 Å². The Morgan fingerprint density at radius 1 is 0.324 bits per heavy atom. The van der Waals surface area contributed by atoms with Gasteiger partial charge in [-0.15, -0.1) is 0 Å². The van der Waals surface area contributed by atoms with Crippen molar-refractivity contribution in [1.29, 1.82) is 10.5 Å². The second kappa shape index (κ2) is 69.8. The summed E-state index contributed by atoms with van der Waals surface area (Å²) in [7, 11) is 0.526. The van der Waals surface area contributed by atoms with Gasteiger partial charge < -0.3 is 58.3 Å². The second-order valence-corrected chi connectivity index (χ2v) is 40.8. The molecule has 6 aromatic carbocycles. The first-order valence-corrected chi connectivity index (χ1v) is 53.2. The number of hydrogen-bond acceptors (Lipinski definition) is 24. The van der Waals surface area contributed by atoms with Crippen molar-refractivity contribution in [3.63, 3.8) is 0 Å². The number of ether oxygens (including phenoxy) is 4. The molecular weight excluding hydrogens is 1840 g/mol. The Hall–Kier alpha value is -10.1. The van der Waals surface area contributed by atoms with Crippen LogP contribution in [0.25, 0.3) is 21.5 Å². The number of nitrogens with zero attached hydrogens (tertiary/aromatic N) is 4. The van der Waals surface area contributed by atoms with Gasteiger partial charge in [0.15, 0.2) is 0 Å². The van der Waals surface area contributed by atoms with Gasteiger partial charge in [-0.25, -0.2) is 9.34 Å². The van der Waals surface area contributed by atoms with Gasteiger partial charge in [-0.05, 0) is 185 Å². The van der Waals surface area contributed by atoms with Crippen LogP contribution < -0.4 is 30.7 Å². The number of carbonyl (C=O) groups excluding carboxylic acids is 12. The summed E-state index contributed by atoms with van der Waals surface area (Å²) in [5, 5.41) is 33.6. The first-order valence-electron chi connectivity index (χ1n) is 50.9. The molecule has 0 saturated heterocycles. The summed E-state index contributed by atoms with van der Waals surface area (Å²) in [6.07, 6.45) is 7.56. The number of nitrogens with one attached hydrogen (secondary N) is 4. The zero-order chi connectivity index (χ0) is 106. The van der Waals surface area contributed by atoms with Crippen LogP contribution in [0.4, 0.5) is 0 Å². The van der Waals surface area contributed by atoms with Crippen molar-refractivity contribution in [2.75, 3.05) is 53.9 Å². The number of carbonyl (C=O) groups is 12. The molecule has 0 aliphatic carbocycles. The van der Waals surface area contributed by atoms with Crippen molar-refractivity contribution in [1.82, 2.24) is 30.6 Å². The van der Waals surface area contributed by atoms with Gasteiger partial charge in [0.2, 0.25) is 23.6 Å². The Morgan fingerprint density at radius 3 is 0.852 bits per heavy atom. The summed E-state index contributed by atoms with van der Waals surface area (Å²) < 4.78 is 49.4. The lowest BCUT2D eigenvalue weighted by molar-refractivity contribution is -0.146. The average molecular weight is 2010 g/mol. The lowest BCUT2D eigenvalue weighted by Gasteiger charge is -2.36. The number of methoxy groups -OCH3 is 2. The van der Waals surface area contributed by atoms with Crippen molar-refractivity contribution in [2.45, 2.75) is 366 Å². The Kier molecular flexibility index (Phi) is 61.9. The first kappa shape index (κ1) is 126. The molecule has 0 radical (unpaired) electrons. The van der Waals surface area contributed by atoms with E-state index >= 15 is 0 Å². The SMILES string of the molecule is CCC(=O)CCC(=O)OCC(CC)NC(=O)CCC(=O)[C@@H](C)c1ccc(CC(C)C)cc1.CCC(=O)CCC(=O)OCC(CC)NC(=O)CCC(=O)[C@@H](C)c1ccc2cc(OC)ccc2c1.CCC(COP(OCCC#N)N(C(C)C)C(C)C)NC(=O)CCC(=O)[C@@H](C)c1ccc(CC(C)C)cc1.CCC(COP(OCCC#N)N(C(C)C)C(C)C)NC(=O)CCC(=O)[C@@H](C)c1ccc2cc(OC)ccc2c1. The lowest BCUT2D eigenvalue weighted by atomic mass is 9.92. The van der Waals surface area contributed by atoms with Crippen LogP contribution in [0.2, 0.25) is 0 Å². The molecule has 0 fully saturated rings. The second-order valence-electron chi connectivity index (χ2n) is 37.9. The fourth-order valence-electron chi connectivity index (χ4n) is 15.2. The normalized spacial score (nSPS) is 13.4. The summed E-state index contributed by atoms with van der Waals surface area (Å²) in [6, 6.07) is 43.9. The van der Waals surface area contributed by atoms with E-state index in [4.69, 9.17) is 47.6 Å². The number of hydrogen-bond donors (Lipinski definition) is 4. The van der Waals surface area contributed by atoms with E-state index in [0.29, 0.717) is 89.6 Å². The van der Waals surface area contributed by atoms with Gasteiger partial charge in [-0.2, -0.15) is 10.5 Å². The van der Waals surface area contributed by atoms with Crippen LogP contribution in [0.3, 0.4) is 0 Å². The number of rotatable bonds is 64. The van der Waals surface area contributed by atoms with Gasteiger partial charge >= 0.3 is 11.9 Å². The molecule has 142 heavy (non-hydrogen) atoms. The number of nitriles is 2. The molecule has 0 aromatic heterocycles. The third kappa shape index (κ3) is 49.0. The largest absolute Gasteiger partial charge is 0.497 e. The number of esters is 2. The van der Waals surface area contributed by atoms with Crippen LogP contribution in [-0.2, 0) is 97.9 Å². The third-order valence-corrected chi connectivity index (χ3v) is 28.3. The predicted molar refractivity (Wildman–Crippen MR) is 564 cm³/mol. The maximum Gasteiger partial charge on any atom is 0.306 e. The number of fused-ring (bicyclic) bond motifs is 2. The molecule has 6 unspecified atom stereocenters. The van der Waals surface area contributed by atoms with E-state index in [9.17, 15) is 57.5 Å². The van der Waals surface area contributed by atoms with E-state index in [1.54, 1.807) is 28.1 Å². The molecule has 4 amide bonds. The quantitative estimate of drug-likeness (QED) is 0.0156. The van der Waals surface area contributed by atoms with Gasteiger partial charge in [-0.1, -0.05) is 194 Å². The average Bonchev–Trinajstić information content (AvgIpc) is 0.816. The molecule has 0 aliphatic rings. The molecule has 30 heteroatoms. The van der Waals surface area contributed by atoms with Crippen molar-refractivity contribution in [3.05, 3.63) is 155 Å². The maximum absolute atomic E-state index is 12.9. The predicted octanol–water partition coefficient (Wildman–Crippen LogP) is 22.0. The van der Waals surface area contributed by atoms with Crippen LogP contribution in [0, 0.1) is 34.5 Å². The highest BCUT2D eigenvalue weighted by Gasteiger charge is 2.32. The molecule has 28 nitrogen and oxygen atoms in total. The fraction of sp³-hybridized carbons (Fsp3) is 0.589. The van der Waals surface area contributed by atoms with E-state index in [0.717, 1.165) is 68.1 Å². The zero-order valence-corrected chi connectivity index (χ0v) is 91.1. The van der Waals surface area contributed by atoms with E-state index < -0.39 is 29.0 Å². The van der Waals surface area contributed by atoms with Gasteiger partial charge in [0.25, 0.3) is 17.1 Å². The first-order chi connectivity index (χ1) is 67.5. The molecule has 0 heterocycles. The van der Waals surface area contributed by atoms with E-state index in [1.807, 2.05) is 152 Å². The van der Waals surface area contributed by atoms with E-state index in [2.05, 4.69) is 150 Å². The highest BCUT2D eigenvalue weighted by atomic mass is 31.2. The Bertz CT molecular complexity index is 4940. The molecule has 0 saturated carbocycles. The Balaban J connectivity index is 0.000000488. The zero-order valence-electron chi connectivity index (χ0n) is 89.3. The van der Waals surface area contributed by atoms with Gasteiger partial charge in [-0.3, -0.25) is 57.5 Å². The van der Waals surface area contributed by atoms with Gasteiger partial charge in [0, 0.05) is 125 Å². The fourth-order valence-corrected chi connectivity index (χ4v) is 18.5. The molecule has 4 N–H and O–H groups in total. The highest BCUT2D eigenvalue weighted by Crippen LogP contribution is 2.48. The number of benzene rings is 6. The maximum atomic E-state index is 12.9. The van der Waals surface area contributed by atoms with Crippen molar-refractivity contribution >= 4 is 109 Å². The smallest absolute Gasteiger partial charge is 0.306 e. The van der Waals surface area contributed by atoms with Gasteiger partial charge in [0.1, 0.15) is 59.4 Å². The number of ketones is 6. The van der Waals surface area contributed by atoms with Crippen LogP contribution in [0.15, 0.2) is 121 Å². The summed E-state index contributed by atoms with van der Waals surface area (Å²) in [5.74, 6) is 0.0589. The lowest BCUT2D eigenvalue weighted by Crippen LogP contribution is -2.39. The van der Waals surface area contributed by atoms with Crippen molar-refractivity contribution < 1.29 is 94.6 Å². The summed E-state index contributed by atoms with van der Waals surface area (Å²) in [6.45, 7) is 45.5. The van der Waals surface area contributed by atoms with E-state index in [-0.39, 0.29) is 221 Å². The standard InChI is InChI=1S/C30H44N3O5P.C29H48N3O4P.C27H35NO6.C26H39NO5/c1-8-27(20-38-39(37-17-9-16-31)33(21(2)3)22(4)5)32-30(35)15-14-29(34)23(6)24-10-11-26-19-28(36-7)13-12-25(26)18-24;1-9-27(20-36-37(35-18-10-17-30)32(22(4)5)23(6)7)31-29(34)16-15-28(33)24(8)26-13-11-25(12-14-26)19-21(2)3;1-5-22(17-34-27(32)14-10-23(29)6-2)28-26(31)13-12-25(30)18(3)19-7-8-21-16-24(33-4)11-9-20(21)15-19;1-6-22(17-32-26(31)15-12-23(28)7-2)27-25(30)14-13-24(29)19(5)21-10-8-20(9-11-21)16-18(3)4/h10-13,18-19,21-23,27H,8-9,14-15,17,20H2,1-7H3,(H,32,35);11-14,21-24,27H,9-10,15-16,18-20H2,1-8H3,(H,31,34);7-9,11,15-16,18,22H,5-6,10,12-14,17H2,1-4H3,(H,28,31);8-11,18-19,22H,6-7,12-17H2,1-5H3,(H,27,30)/t23-,27?,39?;24-,27?,37?;18-,22?;19-,22?/m0000/s1. The van der Waals surface area contributed by atoms with Crippen molar-refractivity contribution in [2.24, 2.45) is 11.8 Å². The summed E-state index contributed by atoms with van der Waals surface area (Å²) in [4.78, 5) is 147.